The lowest BCUT2D eigenvalue weighted by atomic mass is 10.2. The summed E-state index contributed by atoms with van der Waals surface area (Å²) in [6, 6.07) is 15.0. The van der Waals surface area contributed by atoms with Gasteiger partial charge < -0.3 is 15.2 Å². The molecule has 0 aliphatic rings. The summed E-state index contributed by atoms with van der Waals surface area (Å²) in [5, 5.41) is 14.6. The molecule has 0 amide bonds. The molecule has 0 spiro atoms. The van der Waals surface area contributed by atoms with E-state index < -0.39 is 5.97 Å². The van der Waals surface area contributed by atoms with Crippen molar-refractivity contribution in [3.63, 3.8) is 0 Å². The van der Waals surface area contributed by atoms with Crippen LogP contribution in [0.4, 0.5) is 11.5 Å². The molecule has 7 heteroatoms. The van der Waals surface area contributed by atoms with Crippen LogP contribution < -0.4 is 16.0 Å². The molecular formula is C18H11N4O3-. The number of benzene rings is 2. The second kappa shape index (κ2) is 5.72. The monoisotopic (exact) mass is 331 g/mol. The minimum Gasteiger partial charge on any atom is -0.545 e. The third kappa shape index (κ3) is 2.57. The van der Waals surface area contributed by atoms with Crippen LogP contribution in [-0.4, -0.2) is 20.3 Å². The topological polar surface area (TPSA) is 99.4 Å². The van der Waals surface area contributed by atoms with E-state index in [1.54, 1.807) is 54.7 Å². The van der Waals surface area contributed by atoms with Gasteiger partial charge >= 0.3 is 0 Å². The number of carbonyl (C=O) groups excluding carboxylic acids is 1. The molecule has 4 aromatic rings. The van der Waals surface area contributed by atoms with Crippen LogP contribution in [0.15, 0.2) is 65.6 Å². The highest BCUT2D eigenvalue weighted by Crippen LogP contribution is 2.19. The molecule has 0 aliphatic heterocycles. The number of anilines is 2. The Morgan fingerprint density at radius 1 is 1.00 bits per heavy atom. The fraction of sp³-hybridized carbons (Fsp3) is 0. The van der Waals surface area contributed by atoms with E-state index in [9.17, 15) is 14.7 Å². The van der Waals surface area contributed by atoms with Crippen LogP contribution >= 0.6 is 0 Å². The first-order chi connectivity index (χ1) is 12.1. The fourth-order valence-electron chi connectivity index (χ4n) is 2.62. The molecule has 25 heavy (non-hydrogen) atoms. The van der Waals surface area contributed by atoms with Gasteiger partial charge in [0, 0.05) is 17.4 Å². The Morgan fingerprint density at radius 2 is 1.76 bits per heavy atom. The molecule has 0 fully saturated rings. The van der Waals surface area contributed by atoms with Crippen molar-refractivity contribution in [3.8, 4) is 0 Å². The fourth-order valence-corrected chi connectivity index (χ4v) is 2.62. The van der Waals surface area contributed by atoms with E-state index in [0.717, 1.165) is 0 Å². The molecule has 0 saturated carbocycles. The van der Waals surface area contributed by atoms with Crippen molar-refractivity contribution in [2.75, 3.05) is 5.32 Å². The maximum Gasteiger partial charge on any atom is 0.266 e. The Kier molecular flexibility index (Phi) is 3.39. The van der Waals surface area contributed by atoms with Crippen molar-refractivity contribution < 1.29 is 9.90 Å². The molecular weight excluding hydrogens is 320 g/mol. The van der Waals surface area contributed by atoms with Gasteiger partial charge in [-0.3, -0.25) is 9.20 Å². The van der Waals surface area contributed by atoms with Gasteiger partial charge in [-0.25, -0.2) is 4.98 Å². The summed E-state index contributed by atoms with van der Waals surface area (Å²) < 4.78 is 1.35. The summed E-state index contributed by atoms with van der Waals surface area (Å²) in [6.45, 7) is 0. The van der Waals surface area contributed by atoms with Gasteiger partial charge in [0.05, 0.1) is 16.9 Å². The van der Waals surface area contributed by atoms with Gasteiger partial charge in [0.1, 0.15) is 5.82 Å². The molecule has 0 radical (unpaired) electrons. The van der Waals surface area contributed by atoms with Crippen LogP contribution in [0, 0.1) is 0 Å². The first-order valence-electron chi connectivity index (χ1n) is 7.49. The normalized spacial score (nSPS) is 10.9. The highest BCUT2D eigenvalue weighted by atomic mass is 16.4. The van der Waals surface area contributed by atoms with Gasteiger partial charge in [-0.2, -0.15) is 4.98 Å². The zero-order valence-corrected chi connectivity index (χ0v) is 12.8. The van der Waals surface area contributed by atoms with Crippen molar-refractivity contribution in [2.24, 2.45) is 0 Å². The van der Waals surface area contributed by atoms with E-state index in [2.05, 4.69) is 15.3 Å². The van der Waals surface area contributed by atoms with Crippen molar-refractivity contribution in [1.82, 2.24) is 14.4 Å². The van der Waals surface area contributed by atoms with E-state index in [1.807, 2.05) is 0 Å². The zero-order chi connectivity index (χ0) is 17.4. The van der Waals surface area contributed by atoms with Gasteiger partial charge in [-0.15, -0.1) is 0 Å². The van der Waals surface area contributed by atoms with Crippen LogP contribution in [0.3, 0.4) is 0 Å². The third-order valence-electron chi connectivity index (χ3n) is 3.80. The Labute approximate surface area is 141 Å². The second-order valence-corrected chi connectivity index (χ2v) is 5.37. The number of nitrogens with zero attached hydrogens (tertiary/aromatic N) is 3. The van der Waals surface area contributed by atoms with Gasteiger partial charge in [0.2, 0.25) is 5.78 Å². The van der Waals surface area contributed by atoms with E-state index in [-0.39, 0.29) is 16.9 Å². The van der Waals surface area contributed by atoms with Crippen molar-refractivity contribution in [1.29, 1.82) is 0 Å². The number of nitrogens with one attached hydrogen (secondary N) is 1. The first kappa shape index (κ1) is 14.8. The van der Waals surface area contributed by atoms with Crippen LogP contribution in [0.1, 0.15) is 10.4 Å². The Bertz CT molecular complexity index is 1180. The summed E-state index contributed by atoms with van der Waals surface area (Å²) >= 11 is 0. The van der Waals surface area contributed by atoms with E-state index in [1.165, 1.54) is 10.5 Å². The first-order valence-corrected chi connectivity index (χ1v) is 7.49. The lowest BCUT2D eigenvalue weighted by molar-refractivity contribution is -0.254. The number of para-hydroxylation sites is 2. The second-order valence-electron chi connectivity index (χ2n) is 5.37. The van der Waals surface area contributed by atoms with Crippen LogP contribution in [0.2, 0.25) is 0 Å². The number of carbonyl (C=O) groups is 1. The van der Waals surface area contributed by atoms with Crippen molar-refractivity contribution in [2.45, 2.75) is 0 Å². The minimum atomic E-state index is -1.29. The average molecular weight is 331 g/mol. The maximum atomic E-state index is 12.5. The quantitative estimate of drug-likeness (QED) is 0.569. The Hall–Kier alpha value is -3.74. The van der Waals surface area contributed by atoms with E-state index in [0.29, 0.717) is 22.4 Å². The number of aromatic nitrogens is 3. The van der Waals surface area contributed by atoms with Gasteiger partial charge in [-0.05, 0) is 24.3 Å². The molecule has 4 rings (SSSR count). The molecule has 2 aromatic carbocycles. The Balaban J connectivity index is 1.84. The molecule has 0 unspecified atom stereocenters. The highest BCUT2D eigenvalue weighted by Gasteiger charge is 2.08. The summed E-state index contributed by atoms with van der Waals surface area (Å²) in [5.74, 6) is -0.695. The molecule has 0 saturated heterocycles. The summed E-state index contributed by atoms with van der Waals surface area (Å²) in [5.41, 5.74) is 0.706. The molecule has 122 valence electrons. The molecule has 0 atom stereocenters. The number of carboxylic acid groups (broad SMARTS) is 1. The molecule has 0 aliphatic carbocycles. The van der Waals surface area contributed by atoms with Crippen molar-refractivity contribution >= 4 is 34.2 Å². The molecule has 7 nitrogen and oxygen atoms in total. The minimum absolute atomic E-state index is 0.0213. The predicted octanol–water partition coefficient (Wildman–Crippen LogP) is 1.35. The predicted molar refractivity (Wildman–Crippen MR) is 90.8 cm³/mol. The SMILES string of the molecule is O=C([O-])c1ccccc1Nc1ccn2c(=O)c3ccccc3nc2n1. The standard InChI is InChI=1S/C18H12N4O3/c23-16-11-5-1-3-7-13(11)20-18-21-15(9-10-22(16)18)19-14-8-4-2-6-12(14)17(24)25/h1-10H,(H,24,25)(H,19,20,21)/p-1. The summed E-state index contributed by atoms with van der Waals surface area (Å²) in [4.78, 5) is 32.4. The summed E-state index contributed by atoms with van der Waals surface area (Å²) in [7, 11) is 0. The zero-order valence-electron chi connectivity index (χ0n) is 12.8. The molecule has 1 N–H and O–H groups in total. The number of carboxylic acids is 1. The van der Waals surface area contributed by atoms with Crippen LogP contribution in [-0.2, 0) is 0 Å². The molecule has 2 heterocycles. The van der Waals surface area contributed by atoms with E-state index in [4.69, 9.17) is 0 Å². The molecule has 0 bridgehead atoms. The van der Waals surface area contributed by atoms with Gasteiger partial charge in [0.25, 0.3) is 5.56 Å². The molecule has 2 aromatic heterocycles. The third-order valence-corrected chi connectivity index (χ3v) is 3.80. The smallest absolute Gasteiger partial charge is 0.266 e. The largest absolute Gasteiger partial charge is 0.545 e. The lowest BCUT2D eigenvalue weighted by Gasteiger charge is -2.12. The average Bonchev–Trinajstić information content (AvgIpc) is 2.62. The maximum absolute atomic E-state index is 12.5. The lowest BCUT2D eigenvalue weighted by Crippen LogP contribution is -2.23. The summed E-state index contributed by atoms with van der Waals surface area (Å²) in [6.07, 6.45) is 1.55. The van der Waals surface area contributed by atoms with Crippen molar-refractivity contribution in [3.05, 3.63) is 76.7 Å². The number of hydrogen-bond acceptors (Lipinski definition) is 6. The highest BCUT2D eigenvalue weighted by molar-refractivity contribution is 5.93. The Morgan fingerprint density at radius 3 is 2.60 bits per heavy atom. The van der Waals surface area contributed by atoms with E-state index >= 15 is 0 Å². The number of hydrogen-bond donors (Lipinski definition) is 1. The number of fused-ring (bicyclic) bond motifs is 2. The van der Waals surface area contributed by atoms with Gasteiger partial charge in [0.15, 0.2) is 0 Å². The van der Waals surface area contributed by atoms with Crippen LogP contribution in [0.5, 0.6) is 0 Å². The van der Waals surface area contributed by atoms with Crippen LogP contribution in [0.25, 0.3) is 16.7 Å². The van der Waals surface area contributed by atoms with Gasteiger partial charge in [-0.1, -0.05) is 30.3 Å². The number of rotatable bonds is 3. The number of aromatic carboxylic acids is 1.